The van der Waals surface area contributed by atoms with Crippen molar-refractivity contribution in [2.24, 2.45) is 0 Å². The largest absolute Gasteiger partial charge is 0.489 e. The van der Waals surface area contributed by atoms with Crippen LogP contribution in [0.2, 0.25) is 0 Å². The third-order valence-electron chi connectivity index (χ3n) is 2.59. The second kappa shape index (κ2) is 5.19. The summed E-state index contributed by atoms with van der Waals surface area (Å²) in [7, 11) is 0. The Balaban J connectivity index is 2.07. The van der Waals surface area contributed by atoms with Gasteiger partial charge in [0.25, 0.3) is 0 Å². The Morgan fingerprint density at radius 1 is 1.33 bits per heavy atom. The Morgan fingerprint density at radius 3 is 2.89 bits per heavy atom. The van der Waals surface area contributed by atoms with Crippen LogP contribution in [-0.2, 0) is 6.61 Å². The molecule has 0 atom stereocenters. The van der Waals surface area contributed by atoms with Gasteiger partial charge in [0.1, 0.15) is 24.1 Å². The summed E-state index contributed by atoms with van der Waals surface area (Å²) in [5, 5.41) is 8.75. The van der Waals surface area contributed by atoms with Gasteiger partial charge in [-0.1, -0.05) is 0 Å². The Hall–Kier alpha value is -2.54. The minimum Gasteiger partial charge on any atom is -0.489 e. The number of hydrogen-bond acceptors (Lipinski definition) is 4. The van der Waals surface area contributed by atoms with Gasteiger partial charge in [-0.2, -0.15) is 5.26 Å². The first-order chi connectivity index (χ1) is 8.69. The maximum absolute atomic E-state index is 8.75. The molecule has 2 N–H and O–H groups in total. The molecule has 1 heterocycles. The number of nitrogens with zero attached hydrogens (tertiary/aromatic N) is 2. The number of rotatable bonds is 3. The van der Waals surface area contributed by atoms with Gasteiger partial charge in [0.05, 0.1) is 0 Å². The molecule has 2 rings (SSSR count). The number of ether oxygens (including phenoxy) is 1. The number of anilines is 1. The highest BCUT2D eigenvalue weighted by molar-refractivity contribution is 5.49. The smallest absolute Gasteiger partial charge is 0.140 e. The maximum atomic E-state index is 8.75. The van der Waals surface area contributed by atoms with Gasteiger partial charge in [0, 0.05) is 11.9 Å². The van der Waals surface area contributed by atoms with E-state index in [0.717, 1.165) is 22.6 Å². The molecule has 0 aliphatic carbocycles. The molecule has 90 valence electrons. The summed E-state index contributed by atoms with van der Waals surface area (Å²) in [6.07, 6.45) is 1.60. The highest BCUT2D eigenvalue weighted by Crippen LogP contribution is 2.19. The molecule has 1 aromatic heterocycles. The van der Waals surface area contributed by atoms with Crippen molar-refractivity contribution >= 4 is 5.69 Å². The topological polar surface area (TPSA) is 71.9 Å². The molecule has 0 spiro atoms. The molecule has 0 bridgehead atoms. The lowest BCUT2D eigenvalue weighted by atomic mass is 10.2. The molecule has 0 saturated heterocycles. The first-order valence-electron chi connectivity index (χ1n) is 5.53. The molecule has 4 nitrogen and oxygen atoms in total. The van der Waals surface area contributed by atoms with E-state index >= 15 is 0 Å². The van der Waals surface area contributed by atoms with E-state index in [1.54, 1.807) is 12.3 Å². The van der Waals surface area contributed by atoms with Gasteiger partial charge >= 0.3 is 0 Å². The van der Waals surface area contributed by atoms with E-state index in [4.69, 9.17) is 15.7 Å². The number of pyridine rings is 1. The second-order valence-electron chi connectivity index (χ2n) is 3.97. The van der Waals surface area contributed by atoms with Gasteiger partial charge in [-0.3, -0.25) is 0 Å². The van der Waals surface area contributed by atoms with Gasteiger partial charge in [-0.25, -0.2) is 4.98 Å². The van der Waals surface area contributed by atoms with Gasteiger partial charge < -0.3 is 10.5 Å². The van der Waals surface area contributed by atoms with Crippen molar-refractivity contribution in [1.29, 1.82) is 5.26 Å². The van der Waals surface area contributed by atoms with Crippen molar-refractivity contribution in [2.75, 3.05) is 5.73 Å². The monoisotopic (exact) mass is 239 g/mol. The highest BCUT2D eigenvalue weighted by atomic mass is 16.5. The van der Waals surface area contributed by atoms with E-state index in [1.807, 2.05) is 37.3 Å². The number of hydrogen-bond donors (Lipinski definition) is 1. The van der Waals surface area contributed by atoms with E-state index < -0.39 is 0 Å². The molecule has 0 saturated carbocycles. The number of aryl methyl sites for hydroxylation is 1. The van der Waals surface area contributed by atoms with Crippen LogP contribution in [0.4, 0.5) is 5.69 Å². The average molecular weight is 239 g/mol. The lowest BCUT2D eigenvalue weighted by molar-refractivity contribution is 0.306. The Morgan fingerprint density at radius 2 is 2.17 bits per heavy atom. The van der Waals surface area contributed by atoms with Crippen LogP contribution in [0.3, 0.4) is 0 Å². The molecule has 4 heteroatoms. The first-order valence-corrected chi connectivity index (χ1v) is 5.53. The summed E-state index contributed by atoms with van der Waals surface area (Å²) in [5.74, 6) is 0.761. The van der Waals surface area contributed by atoms with Crippen molar-refractivity contribution in [3.05, 3.63) is 53.3 Å². The van der Waals surface area contributed by atoms with Crippen molar-refractivity contribution in [1.82, 2.24) is 4.98 Å². The van der Waals surface area contributed by atoms with Crippen LogP contribution < -0.4 is 10.5 Å². The SMILES string of the molecule is Cc1cc(OCc2ccnc(C#N)c2)ccc1N. The standard InChI is InChI=1S/C14H13N3O/c1-10-6-13(2-3-14(10)16)18-9-11-4-5-17-12(7-11)8-15/h2-7H,9,16H2,1H3. The van der Waals surface area contributed by atoms with E-state index in [-0.39, 0.29) is 0 Å². The average Bonchev–Trinajstić information content (AvgIpc) is 2.40. The van der Waals surface area contributed by atoms with Crippen molar-refractivity contribution < 1.29 is 4.74 Å². The van der Waals surface area contributed by atoms with Crippen LogP contribution in [0.15, 0.2) is 36.5 Å². The molecular weight excluding hydrogens is 226 g/mol. The molecule has 1 aromatic carbocycles. The minimum atomic E-state index is 0.393. The molecule has 2 aromatic rings. The number of benzene rings is 1. The quantitative estimate of drug-likeness (QED) is 0.835. The summed E-state index contributed by atoms with van der Waals surface area (Å²) < 4.78 is 5.63. The van der Waals surface area contributed by atoms with Crippen LogP contribution in [0, 0.1) is 18.3 Å². The van der Waals surface area contributed by atoms with Crippen molar-refractivity contribution in [3.8, 4) is 11.8 Å². The predicted octanol–water partition coefficient (Wildman–Crippen LogP) is 2.42. The highest BCUT2D eigenvalue weighted by Gasteiger charge is 2.00. The summed E-state index contributed by atoms with van der Waals surface area (Å²) in [6, 6.07) is 11.1. The summed E-state index contributed by atoms with van der Waals surface area (Å²) in [4.78, 5) is 3.91. The Kier molecular flexibility index (Phi) is 3.44. The third-order valence-corrected chi connectivity index (χ3v) is 2.59. The molecule has 0 radical (unpaired) electrons. The van der Waals surface area contributed by atoms with E-state index in [1.165, 1.54) is 0 Å². The molecular formula is C14H13N3O. The summed E-state index contributed by atoms with van der Waals surface area (Å²) in [5.41, 5.74) is 8.77. The van der Waals surface area contributed by atoms with Crippen LogP contribution in [-0.4, -0.2) is 4.98 Å². The van der Waals surface area contributed by atoms with Crippen molar-refractivity contribution in [3.63, 3.8) is 0 Å². The Labute approximate surface area is 106 Å². The maximum Gasteiger partial charge on any atom is 0.140 e. The number of nitrogens with two attached hydrogens (primary N) is 1. The fourth-order valence-corrected chi connectivity index (χ4v) is 1.53. The van der Waals surface area contributed by atoms with E-state index in [0.29, 0.717) is 12.3 Å². The number of nitrogen functional groups attached to an aromatic ring is 1. The zero-order valence-corrected chi connectivity index (χ0v) is 10.1. The van der Waals surface area contributed by atoms with Gasteiger partial charge in [0.2, 0.25) is 0 Å². The summed E-state index contributed by atoms with van der Waals surface area (Å²) >= 11 is 0. The molecule has 0 amide bonds. The molecule has 0 fully saturated rings. The fourth-order valence-electron chi connectivity index (χ4n) is 1.53. The fraction of sp³-hybridized carbons (Fsp3) is 0.143. The Bertz CT molecular complexity index is 602. The van der Waals surface area contributed by atoms with Crippen LogP contribution in [0.1, 0.15) is 16.8 Å². The van der Waals surface area contributed by atoms with Gasteiger partial charge in [0.15, 0.2) is 0 Å². The zero-order chi connectivity index (χ0) is 13.0. The van der Waals surface area contributed by atoms with E-state index in [9.17, 15) is 0 Å². The molecule has 18 heavy (non-hydrogen) atoms. The van der Waals surface area contributed by atoms with E-state index in [2.05, 4.69) is 4.98 Å². The normalized spacial score (nSPS) is 9.78. The molecule has 0 aliphatic rings. The zero-order valence-electron chi connectivity index (χ0n) is 10.1. The van der Waals surface area contributed by atoms with Crippen molar-refractivity contribution in [2.45, 2.75) is 13.5 Å². The first kappa shape index (κ1) is 11.9. The van der Waals surface area contributed by atoms with Gasteiger partial charge in [-0.05, 0) is 48.4 Å². The van der Waals surface area contributed by atoms with Crippen LogP contribution in [0.5, 0.6) is 5.75 Å². The minimum absolute atomic E-state index is 0.393. The lowest BCUT2D eigenvalue weighted by Crippen LogP contribution is -1.98. The third kappa shape index (κ3) is 2.77. The second-order valence-corrected chi connectivity index (χ2v) is 3.97. The predicted molar refractivity (Wildman–Crippen MR) is 68.9 cm³/mol. The summed E-state index contributed by atoms with van der Waals surface area (Å²) in [6.45, 7) is 2.34. The van der Waals surface area contributed by atoms with Crippen LogP contribution in [0.25, 0.3) is 0 Å². The number of aromatic nitrogens is 1. The van der Waals surface area contributed by atoms with Gasteiger partial charge in [-0.15, -0.1) is 0 Å². The van der Waals surface area contributed by atoms with Crippen LogP contribution >= 0.6 is 0 Å². The molecule has 0 unspecified atom stereocenters. The molecule has 0 aliphatic heterocycles. The lowest BCUT2D eigenvalue weighted by Gasteiger charge is -2.08. The number of nitriles is 1.